The lowest BCUT2D eigenvalue weighted by molar-refractivity contribution is -0.0491. The molecule has 0 atom stereocenters. The largest absolute Gasteiger partial charge is 0.338 e. The molecule has 1 aromatic heterocycles. The first-order valence-electron chi connectivity index (χ1n) is 10.0. The summed E-state index contributed by atoms with van der Waals surface area (Å²) in [6.07, 6.45) is 10.6. The van der Waals surface area contributed by atoms with Gasteiger partial charge in [-0.15, -0.1) is 0 Å². The van der Waals surface area contributed by atoms with Gasteiger partial charge in [0.15, 0.2) is 0 Å². The van der Waals surface area contributed by atoms with E-state index in [-0.39, 0.29) is 5.91 Å². The van der Waals surface area contributed by atoms with E-state index in [9.17, 15) is 4.79 Å². The third kappa shape index (κ3) is 2.76. The van der Waals surface area contributed by atoms with Gasteiger partial charge in [-0.25, -0.2) is 0 Å². The highest BCUT2D eigenvalue weighted by atomic mass is 16.2. The van der Waals surface area contributed by atoms with Crippen molar-refractivity contribution >= 4 is 5.91 Å². The maximum atomic E-state index is 13.1. The van der Waals surface area contributed by atoms with Gasteiger partial charge < -0.3 is 4.90 Å². The Kier molecular flexibility index (Phi) is 3.87. The number of carbonyl (C=O) groups excluding carboxylic acids is 1. The Balaban J connectivity index is 1.30. The van der Waals surface area contributed by atoms with Crippen LogP contribution in [0.2, 0.25) is 0 Å². The number of aromatic nitrogens is 2. The van der Waals surface area contributed by atoms with Crippen LogP contribution in [-0.4, -0.2) is 33.7 Å². The van der Waals surface area contributed by atoms with Crippen LogP contribution in [0.3, 0.4) is 0 Å². The molecule has 0 unspecified atom stereocenters. The average molecular weight is 349 g/mol. The molecule has 1 amide bonds. The predicted octanol–water partition coefficient (Wildman–Crippen LogP) is 3.83. The third-order valence-electron chi connectivity index (χ3n) is 7.05. The highest BCUT2D eigenvalue weighted by Crippen LogP contribution is 2.55. The fourth-order valence-corrected chi connectivity index (χ4v) is 6.20. The fourth-order valence-electron chi connectivity index (χ4n) is 6.20. The standard InChI is InChI=1S/C22H27N3O/c1-24(21-19-10-16-9-17(12-19)13-20(21)11-16)22(26)18-5-3-15(4-6-18)14-25-8-2-7-23-25/h2-8,16-17,19-21H,9-14H2,1H3. The Bertz CT molecular complexity index is 752. The van der Waals surface area contributed by atoms with Crippen LogP contribution in [0.25, 0.3) is 0 Å². The molecule has 4 fully saturated rings. The first kappa shape index (κ1) is 16.1. The van der Waals surface area contributed by atoms with E-state index in [2.05, 4.69) is 22.1 Å². The van der Waals surface area contributed by atoms with E-state index >= 15 is 0 Å². The van der Waals surface area contributed by atoms with Crippen molar-refractivity contribution in [3.63, 3.8) is 0 Å². The van der Waals surface area contributed by atoms with Gasteiger partial charge in [0.1, 0.15) is 0 Å². The van der Waals surface area contributed by atoms with Crippen molar-refractivity contribution in [2.75, 3.05) is 7.05 Å². The topological polar surface area (TPSA) is 38.1 Å². The first-order chi connectivity index (χ1) is 12.7. The van der Waals surface area contributed by atoms with E-state index in [1.54, 1.807) is 6.20 Å². The molecular formula is C22H27N3O. The van der Waals surface area contributed by atoms with Gasteiger partial charge in [-0.2, -0.15) is 5.10 Å². The van der Waals surface area contributed by atoms with Crippen LogP contribution >= 0.6 is 0 Å². The molecule has 136 valence electrons. The Morgan fingerprint density at radius 2 is 1.73 bits per heavy atom. The van der Waals surface area contributed by atoms with Crippen LogP contribution < -0.4 is 0 Å². The molecular weight excluding hydrogens is 322 g/mol. The van der Waals surface area contributed by atoms with Gasteiger partial charge in [0.2, 0.25) is 0 Å². The highest BCUT2D eigenvalue weighted by molar-refractivity contribution is 5.94. The second-order valence-electron chi connectivity index (χ2n) is 8.74. The average Bonchev–Trinajstić information content (AvgIpc) is 3.14. The van der Waals surface area contributed by atoms with Crippen molar-refractivity contribution in [1.82, 2.24) is 14.7 Å². The SMILES string of the molecule is CN(C(=O)c1ccc(Cn2cccn2)cc1)C1C2CC3CC(C2)CC1C3. The molecule has 4 aliphatic rings. The number of benzene rings is 1. The van der Waals surface area contributed by atoms with Gasteiger partial charge >= 0.3 is 0 Å². The molecule has 4 nitrogen and oxygen atoms in total. The lowest BCUT2D eigenvalue weighted by atomic mass is 9.54. The number of nitrogens with zero attached hydrogens (tertiary/aromatic N) is 3. The normalized spacial score (nSPS) is 32.0. The van der Waals surface area contributed by atoms with Crippen molar-refractivity contribution in [2.45, 2.75) is 44.7 Å². The lowest BCUT2D eigenvalue weighted by Gasteiger charge is -2.56. The zero-order valence-electron chi connectivity index (χ0n) is 15.4. The molecule has 4 saturated carbocycles. The summed E-state index contributed by atoms with van der Waals surface area (Å²) < 4.78 is 1.90. The maximum absolute atomic E-state index is 13.1. The Hall–Kier alpha value is -2.10. The van der Waals surface area contributed by atoms with Gasteiger partial charge in [-0.05, 0) is 79.5 Å². The number of hydrogen-bond acceptors (Lipinski definition) is 2. The van der Waals surface area contributed by atoms with E-state index in [1.165, 1.54) is 37.7 Å². The summed E-state index contributed by atoms with van der Waals surface area (Å²) in [5, 5.41) is 4.24. The summed E-state index contributed by atoms with van der Waals surface area (Å²) >= 11 is 0. The van der Waals surface area contributed by atoms with Crippen molar-refractivity contribution in [3.05, 3.63) is 53.9 Å². The van der Waals surface area contributed by atoms with Gasteiger partial charge in [0, 0.05) is 31.0 Å². The van der Waals surface area contributed by atoms with Crippen LogP contribution in [0.1, 0.15) is 48.0 Å². The van der Waals surface area contributed by atoms with Crippen LogP contribution in [0.4, 0.5) is 0 Å². The van der Waals surface area contributed by atoms with Crippen molar-refractivity contribution in [2.24, 2.45) is 23.7 Å². The second kappa shape index (κ2) is 6.26. The molecule has 26 heavy (non-hydrogen) atoms. The number of rotatable bonds is 4. The molecule has 0 spiro atoms. The number of amides is 1. The summed E-state index contributed by atoms with van der Waals surface area (Å²) in [4.78, 5) is 15.2. The molecule has 1 heterocycles. The summed E-state index contributed by atoms with van der Waals surface area (Å²) in [7, 11) is 2.03. The summed E-state index contributed by atoms with van der Waals surface area (Å²) in [6, 6.07) is 10.5. The van der Waals surface area contributed by atoms with E-state index < -0.39 is 0 Å². The Morgan fingerprint density at radius 3 is 2.31 bits per heavy atom. The first-order valence-corrected chi connectivity index (χ1v) is 10.0. The Labute approximate surface area is 155 Å². The van der Waals surface area contributed by atoms with E-state index in [4.69, 9.17) is 0 Å². The minimum atomic E-state index is 0.188. The van der Waals surface area contributed by atoms with Crippen LogP contribution in [0.15, 0.2) is 42.7 Å². The maximum Gasteiger partial charge on any atom is 0.253 e. The van der Waals surface area contributed by atoms with Gasteiger partial charge in [0.05, 0.1) is 6.54 Å². The molecule has 2 aromatic rings. The van der Waals surface area contributed by atoms with Crippen molar-refractivity contribution in [1.29, 1.82) is 0 Å². The van der Waals surface area contributed by atoms with E-state index in [0.717, 1.165) is 35.8 Å². The molecule has 0 N–H and O–H groups in total. The van der Waals surface area contributed by atoms with Gasteiger partial charge in [-0.3, -0.25) is 9.48 Å². The monoisotopic (exact) mass is 349 g/mol. The highest BCUT2D eigenvalue weighted by Gasteiger charge is 2.50. The summed E-state index contributed by atoms with van der Waals surface area (Å²) in [5.74, 6) is 3.55. The lowest BCUT2D eigenvalue weighted by Crippen LogP contribution is -2.56. The smallest absolute Gasteiger partial charge is 0.253 e. The number of carbonyl (C=O) groups is 1. The molecule has 4 heteroatoms. The molecule has 0 radical (unpaired) electrons. The minimum Gasteiger partial charge on any atom is -0.338 e. The molecule has 1 aromatic carbocycles. The van der Waals surface area contributed by atoms with Crippen LogP contribution in [-0.2, 0) is 6.54 Å². The molecule has 4 aliphatic carbocycles. The van der Waals surface area contributed by atoms with Crippen LogP contribution in [0.5, 0.6) is 0 Å². The van der Waals surface area contributed by atoms with E-state index in [0.29, 0.717) is 6.04 Å². The molecule has 6 rings (SSSR count). The van der Waals surface area contributed by atoms with Gasteiger partial charge in [0.25, 0.3) is 5.91 Å². The van der Waals surface area contributed by atoms with Crippen molar-refractivity contribution < 1.29 is 4.79 Å². The predicted molar refractivity (Wildman–Crippen MR) is 101 cm³/mol. The molecule has 4 bridgehead atoms. The fraction of sp³-hybridized carbons (Fsp3) is 0.545. The van der Waals surface area contributed by atoms with Crippen molar-refractivity contribution in [3.8, 4) is 0 Å². The minimum absolute atomic E-state index is 0.188. The molecule has 0 saturated heterocycles. The Morgan fingerprint density at radius 1 is 1.08 bits per heavy atom. The van der Waals surface area contributed by atoms with Crippen LogP contribution in [0, 0.1) is 23.7 Å². The summed E-state index contributed by atoms with van der Waals surface area (Å²) in [5.41, 5.74) is 1.98. The zero-order chi connectivity index (χ0) is 17.7. The quantitative estimate of drug-likeness (QED) is 0.841. The molecule has 0 aliphatic heterocycles. The second-order valence-corrected chi connectivity index (χ2v) is 8.74. The van der Waals surface area contributed by atoms with Gasteiger partial charge in [-0.1, -0.05) is 12.1 Å². The third-order valence-corrected chi connectivity index (χ3v) is 7.05. The zero-order valence-corrected chi connectivity index (χ0v) is 15.4. The summed E-state index contributed by atoms with van der Waals surface area (Å²) in [6.45, 7) is 0.743. The van der Waals surface area contributed by atoms with E-state index in [1.807, 2.05) is 36.1 Å². The number of hydrogen-bond donors (Lipinski definition) is 0.